The fourth-order valence-electron chi connectivity index (χ4n) is 3.64. The summed E-state index contributed by atoms with van der Waals surface area (Å²) in [7, 11) is 1.91. The first kappa shape index (κ1) is 20.6. The van der Waals surface area contributed by atoms with Gasteiger partial charge in [0.1, 0.15) is 11.7 Å². The molecule has 0 amide bonds. The summed E-state index contributed by atoms with van der Waals surface area (Å²) in [6.07, 6.45) is -1.38. The molecule has 0 radical (unpaired) electrons. The molecule has 0 bridgehead atoms. The number of hydrogen-bond acceptors (Lipinski definition) is 5. The van der Waals surface area contributed by atoms with Crippen LogP contribution in [-0.4, -0.2) is 43.2 Å². The zero-order valence-corrected chi connectivity index (χ0v) is 15.9. The van der Waals surface area contributed by atoms with E-state index in [2.05, 4.69) is 15.2 Å². The van der Waals surface area contributed by atoms with E-state index >= 15 is 0 Å². The highest BCUT2D eigenvalue weighted by molar-refractivity contribution is 5.95. The first-order chi connectivity index (χ1) is 13.2. The molecule has 0 saturated carbocycles. The van der Waals surface area contributed by atoms with Gasteiger partial charge in [0.05, 0.1) is 5.56 Å². The zero-order valence-electron chi connectivity index (χ0n) is 15.9. The Morgan fingerprint density at radius 2 is 2.07 bits per heavy atom. The molecule has 1 aromatic rings. The number of benzene rings is 1. The van der Waals surface area contributed by atoms with E-state index in [1.54, 1.807) is 4.90 Å². The number of likely N-dealkylation sites (tertiary alicyclic amines) is 1. The van der Waals surface area contributed by atoms with Crippen molar-refractivity contribution in [1.29, 1.82) is 0 Å². The van der Waals surface area contributed by atoms with E-state index in [4.69, 9.17) is 5.73 Å². The number of amidine groups is 1. The van der Waals surface area contributed by atoms with Crippen LogP contribution in [0, 0.1) is 5.82 Å². The highest BCUT2D eigenvalue weighted by Crippen LogP contribution is 2.36. The van der Waals surface area contributed by atoms with Crippen molar-refractivity contribution >= 4 is 11.5 Å². The number of nitrogens with zero attached hydrogens (tertiary/aromatic N) is 3. The van der Waals surface area contributed by atoms with Gasteiger partial charge in [0.25, 0.3) is 0 Å². The van der Waals surface area contributed by atoms with Gasteiger partial charge in [0, 0.05) is 30.5 Å². The number of nitrogens with one attached hydrogen (secondary N) is 1. The van der Waals surface area contributed by atoms with Gasteiger partial charge in [-0.2, -0.15) is 13.2 Å². The lowest BCUT2D eigenvalue weighted by atomic mass is 10.1. The number of likely N-dealkylation sites (N-methyl/N-ethyl adjacent to an activating group) is 1. The van der Waals surface area contributed by atoms with Crippen LogP contribution in [0.25, 0.3) is 0 Å². The van der Waals surface area contributed by atoms with Crippen LogP contribution in [0.3, 0.4) is 0 Å². The summed E-state index contributed by atoms with van der Waals surface area (Å²) in [5.74, 6) is -0.565. The summed E-state index contributed by atoms with van der Waals surface area (Å²) in [6, 6.07) is 3.30. The van der Waals surface area contributed by atoms with Crippen LogP contribution < -0.4 is 16.0 Å². The minimum Gasteiger partial charge on any atom is -0.355 e. The number of aliphatic imine (C=N–C) groups is 1. The maximum atomic E-state index is 13.7. The number of allylic oxidation sites excluding steroid dienone is 1. The van der Waals surface area contributed by atoms with Crippen molar-refractivity contribution in [3.8, 4) is 0 Å². The van der Waals surface area contributed by atoms with Gasteiger partial charge < -0.3 is 15.1 Å². The SMILES string of the molecule is CCCC1=CC(N2CCC(NC)C2)=N[C@@H](N)N1c1ccc(F)c(C(F)(F)F)c1. The number of rotatable bonds is 4. The second-order valence-corrected chi connectivity index (χ2v) is 7.04. The average Bonchev–Trinajstić information content (AvgIpc) is 3.11. The Labute approximate surface area is 161 Å². The maximum Gasteiger partial charge on any atom is 0.419 e. The number of hydrogen-bond donors (Lipinski definition) is 2. The van der Waals surface area contributed by atoms with Gasteiger partial charge in [-0.1, -0.05) is 13.3 Å². The molecule has 2 aliphatic rings. The molecule has 2 heterocycles. The molecular formula is C19H25F4N5. The first-order valence-corrected chi connectivity index (χ1v) is 9.36. The van der Waals surface area contributed by atoms with Crippen molar-refractivity contribution in [3.63, 3.8) is 0 Å². The summed E-state index contributed by atoms with van der Waals surface area (Å²) in [5, 5.41) is 3.24. The van der Waals surface area contributed by atoms with Gasteiger partial charge in [0.2, 0.25) is 0 Å². The zero-order chi connectivity index (χ0) is 20.5. The molecule has 1 unspecified atom stereocenters. The molecule has 28 heavy (non-hydrogen) atoms. The Balaban J connectivity index is 1.94. The first-order valence-electron chi connectivity index (χ1n) is 9.36. The van der Waals surface area contributed by atoms with Crippen LogP contribution in [0.2, 0.25) is 0 Å². The van der Waals surface area contributed by atoms with Crippen LogP contribution in [0.5, 0.6) is 0 Å². The second kappa shape index (κ2) is 8.08. The molecule has 2 aliphatic heterocycles. The van der Waals surface area contributed by atoms with Crippen molar-refractivity contribution in [3.05, 3.63) is 41.4 Å². The topological polar surface area (TPSA) is 56.9 Å². The smallest absolute Gasteiger partial charge is 0.355 e. The third-order valence-corrected chi connectivity index (χ3v) is 5.09. The largest absolute Gasteiger partial charge is 0.419 e. The number of nitrogens with two attached hydrogens (primary N) is 1. The maximum absolute atomic E-state index is 13.7. The van der Waals surface area contributed by atoms with Crippen LogP contribution >= 0.6 is 0 Å². The number of halogens is 4. The predicted octanol–water partition coefficient (Wildman–Crippen LogP) is 3.28. The molecular weight excluding hydrogens is 374 g/mol. The Morgan fingerprint density at radius 3 is 2.68 bits per heavy atom. The predicted molar refractivity (Wildman–Crippen MR) is 101 cm³/mol. The lowest BCUT2D eigenvalue weighted by Crippen LogP contribution is -2.46. The van der Waals surface area contributed by atoms with E-state index in [1.807, 2.05) is 20.0 Å². The van der Waals surface area contributed by atoms with E-state index in [9.17, 15) is 17.6 Å². The molecule has 3 N–H and O–H groups in total. The molecule has 1 fully saturated rings. The second-order valence-electron chi connectivity index (χ2n) is 7.04. The van der Waals surface area contributed by atoms with Crippen LogP contribution in [0.1, 0.15) is 31.7 Å². The molecule has 9 heteroatoms. The molecule has 2 atom stereocenters. The number of anilines is 1. The molecule has 154 valence electrons. The highest BCUT2D eigenvalue weighted by Gasteiger charge is 2.36. The number of alkyl halides is 3. The molecule has 1 saturated heterocycles. The Bertz CT molecular complexity index is 774. The quantitative estimate of drug-likeness (QED) is 0.763. The summed E-state index contributed by atoms with van der Waals surface area (Å²) < 4.78 is 53.1. The lowest BCUT2D eigenvalue weighted by molar-refractivity contribution is -0.139. The molecule has 3 rings (SSSR count). The molecule has 0 aliphatic carbocycles. The molecule has 0 aromatic heterocycles. The summed E-state index contributed by atoms with van der Waals surface area (Å²) in [5.41, 5.74) is 5.88. The average molecular weight is 399 g/mol. The fourth-order valence-corrected chi connectivity index (χ4v) is 3.64. The summed E-state index contributed by atoms with van der Waals surface area (Å²) in [6.45, 7) is 3.61. The minimum atomic E-state index is -4.78. The van der Waals surface area contributed by atoms with E-state index in [0.29, 0.717) is 12.5 Å². The fraction of sp³-hybridized carbons (Fsp3) is 0.526. The van der Waals surface area contributed by atoms with Crippen molar-refractivity contribution in [2.45, 2.75) is 44.7 Å². The molecule has 1 aromatic carbocycles. The summed E-state index contributed by atoms with van der Waals surface area (Å²) >= 11 is 0. The molecule has 5 nitrogen and oxygen atoms in total. The van der Waals surface area contributed by atoms with Gasteiger partial charge in [-0.05, 0) is 44.2 Å². The van der Waals surface area contributed by atoms with E-state index in [1.165, 1.54) is 6.07 Å². The van der Waals surface area contributed by atoms with E-state index in [-0.39, 0.29) is 5.69 Å². The Hall–Kier alpha value is -2.13. The van der Waals surface area contributed by atoms with Crippen LogP contribution in [-0.2, 0) is 6.18 Å². The van der Waals surface area contributed by atoms with Gasteiger partial charge >= 0.3 is 6.18 Å². The summed E-state index contributed by atoms with van der Waals surface area (Å²) in [4.78, 5) is 8.18. The van der Waals surface area contributed by atoms with Crippen molar-refractivity contribution in [2.75, 3.05) is 25.0 Å². The van der Waals surface area contributed by atoms with Crippen LogP contribution in [0.4, 0.5) is 23.2 Å². The minimum absolute atomic E-state index is 0.179. The van der Waals surface area contributed by atoms with Crippen molar-refractivity contribution < 1.29 is 17.6 Å². The third-order valence-electron chi connectivity index (χ3n) is 5.09. The van der Waals surface area contributed by atoms with Crippen LogP contribution in [0.15, 0.2) is 35.0 Å². The highest BCUT2D eigenvalue weighted by atomic mass is 19.4. The van der Waals surface area contributed by atoms with Gasteiger partial charge in [-0.3, -0.25) is 5.73 Å². The van der Waals surface area contributed by atoms with Gasteiger partial charge in [-0.25, -0.2) is 9.38 Å². The third kappa shape index (κ3) is 4.15. The van der Waals surface area contributed by atoms with Crippen molar-refractivity contribution in [1.82, 2.24) is 10.2 Å². The van der Waals surface area contributed by atoms with E-state index < -0.39 is 23.8 Å². The standard InChI is InChI=1S/C19H25F4N5/c1-3-4-13-10-17(27-8-7-12(11-27)25-2)26-18(24)28(13)14-5-6-16(20)15(9-14)19(21,22)23/h5-6,9-10,12,18,25H,3-4,7-8,11,24H2,1-2H3/t12?,18-/m1/s1. The molecule has 0 spiro atoms. The van der Waals surface area contributed by atoms with E-state index in [0.717, 1.165) is 49.6 Å². The normalized spacial score (nSPS) is 23.1. The van der Waals surface area contributed by atoms with Gasteiger partial charge in [0.15, 0.2) is 6.29 Å². The Kier molecular flexibility index (Phi) is 5.95. The lowest BCUT2D eigenvalue weighted by Gasteiger charge is -2.36. The van der Waals surface area contributed by atoms with Gasteiger partial charge in [-0.15, -0.1) is 0 Å². The van der Waals surface area contributed by atoms with Crippen molar-refractivity contribution in [2.24, 2.45) is 10.7 Å². The Morgan fingerprint density at radius 1 is 1.32 bits per heavy atom. The monoisotopic (exact) mass is 399 g/mol.